The number of amides is 2. The minimum absolute atomic E-state index is 0.174. The topological polar surface area (TPSA) is 174 Å². The van der Waals surface area contributed by atoms with Gasteiger partial charge in [0.15, 0.2) is 6.10 Å². The number of nitrogens with two attached hydrogens (primary N) is 1. The van der Waals surface area contributed by atoms with Crippen LogP contribution in [-0.4, -0.2) is 38.3 Å². The van der Waals surface area contributed by atoms with Crippen molar-refractivity contribution in [3.8, 4) is 5.75 Å². The number of anilines is 2. The molecule has 0 bridgehead atoms. The van der Waals surface area contributed by atoms with Gasteiger partial charge in [-0.2, -0.15) is 0 Å². The van der Waals surface area contributed by atoms with Gasteiger partial charge in [0.05, 0.1) is 10.6 Å². The van der Waals surface area contributed by atoms with E-state index in [9.17, 15) is 28.5 Å². The van der Waals surface area contributed by atoms with Crippen LogP contribution in [-0.2, 0) is 40.2 Å². The van der Waals surface area contributed by atoms with Crippen LogP contribution in [0.2, 0.25) is 0 Å². The summed E-state index contributed by atoms with van der Waals surface area (Å²) in [6.45, 7) is 0.770. The lowest BCUT2D eigenvalue weighted by Crippen LogP contribution is -2.44. The average molecular weight is 633 g/mol. The number of hydrogen-bond acceptors (Lipinski definition) is 8. The van der Waals surface area contributed by atoms with E-state index in [0.717, 1.165) is 23.6 Å². The maximum atomic E-state index is 13.5. The highest BCUT2D eigenvalue weighted by molar-refractivity contribution is 7.81. The lowest BCUT2D eigenvalue weighted by molar-refractivity contribution is -0.383. The maximum absolute atomic E-state index is 13.5. The quantitative estimate of drug-likeness (QED) is 0.0671. The molecule has 0 saturated heterocycles. The Morgan fingerprint density at radius 3 is 2.18 bits per heavy atom. The van der Waals surface area contributed by atoms with Crippen molar-refractivity contribution in [3.05, 3.63) is 130 Å². The molecule has 1 unspecified atom stereocenters. The monoisotopic (exact) mass is 632 g/mol. The molecule has 0 aliphatic carbocycles. The van der Waals surface area contributed by atoms with Gasteiger partial charge >= 0.3 is 6.09 Å². The van der Waals surface area contributed by atoms with Crippen molar-refractivity contribution in [3.63, 3.8) is 0 Å². The zero-order valence-electron chi connectivity index (χ0n) is 24.1. The number of aryl methyl sites for hydroxylation is 1. The molecule has 0 aliphatic heterocycles. The fourth-order valence-electron chi connectivity index (χ4n) is 4.53. The summed E-state index contributed by atoms with van der Waals surface area (Å²) >= 11 is -2.97. The molecule has 2 atom stereocenters. The van der Waals surface area contributed by atoms with E-state index in [1.807, 2.05) is 60.7 Å². The van der Waals surface area contributed by atoms with E-state index >= 15 is 0 Å². The normalized spacial score (nSPS) is 12.0. The van der Waals surface area contributed by atoms with Gasteiger partial charge in [0, 0.05) is 19.0 Å². The standard InChI is InChI=1S/C32H32N4O8S/c33-32(38)44-30(20-24-13-16-27(17-14-24)43-22-25-10-5-2-6-11-25)31(37)35(45(41)42)26-15-18-28(29(21-26)36(39)40)34-19-7-12-23-8-3-1-4-9-23/h1-6,8-11,13-18,21,30,34H,7,12,19-20,22H2,(H2,33,38)(H,41,42)/t30-/m0/s1. The lowest BCUT2D eigenvalue weighted by Gasteiger charge is -2.24. The Hall–Kier alpha value is -5.27. The molecule has 0 saturated carbocycles. The van der Waals surface area contributed by atoms with Crippen molar-refractivity contribution in [2.24, 2.45) is 5.73 Å². The van der Waals surface area contributed by atoms with Gasteiger partial charge in [-0.05, 0) is 53.8 Å². The molecule has 0 aliphatic rings. The average Bonchev–Trinajstić information content (AvgIpc) is 3.03. The molecule has 4 aromatic rings. The first kappa shape index (κ1) is 32.6. The molecule has 2 amide bonds. The Labute approximate surface area is 262 Å². The molecule has 0 heterocycles. The number of hydrogen-bond donors (Lipinski definition) is 3. The minimum atomic E-state index is -2.97. The molecular formula is C32H32N4O8S. The Morgan fingerprint density at radius 1 is 0.933 bits per heavy atom. The smallest absolute Gasteiger partial charge is 0.405 e. The van der Waals surface area contributed by atoms with Crippen LogP contribution in [0.1, 0.15) is 23.1 Å². The number of nitrogens with zero attached hydrogens (tertiary/aromatic N) is 2. The third kappa shape index (κ3) is 9.61. The van der Waals surface area contributed by atoms with Gasteiger partial charge < -0.3 is 20.5 Å². The largest absolute Gasteiger partial charge is 0.489 e. The number of primary amides is 1. The maximum Gasteiger partial charge on any atom is 0.405 e. The molecule has 45 heavy (non-hydrogen) atoms. The zero-order chi connectivity index (χ0) is 32.2. The second kappa shape index (κ2) is 16.0. The number of nitro benzene ring substituents is 1. The lowest BCUT2D eigenvalue weighted by atomic mass is 10.1. The van der Waals surface area contributed by atoms with Crippen LogP contribution in [0.25, 0.3) is 0 Å². The number of benzene rings is 4. The first-order valence-electron chi connectivity index (χ1n) is 13.9. The van der Waals surface area contributed by atoms with Crippen molar-refractivity contribution in [1.82, 2.24) is 0 Å². The van der Waals surface area contributed by atoms with Crippen LogP contribution in [0.4, 0.5) is 21.9 Å². The van der Waals surface area contributed by atoms with E-state index in [1.165, 1.54) is 12.1 Å². The molecule has 0 spiro atoms. The fraction of sp³-hybridized carbons (Fsp3) is 0.188. The van der Waals surface area contributed by atoms with Crippen LogP contribution >= 0.6 is 0 Å². The summed E-state index contributed by atoms with van der Waals surface area (Å²) in [5.74, 6) is -0.544. The number of ether oxygens (including phenoxy) is 2. The van der Waals surface area contributed by atoms with Crippen LogP contribution < -0.4 is 20.1 Å². The molecule has 4 aromatic carbocycles. The Kier molecular flexibility index (Phi) is 11.6. The van der Waals surface area contributed by atoms with Gasteiger partial charge in [-0.15, -0.1) is 0 Å². The Morgan fingerprint density at radius 2 is 1.58 bits per heavy atom. The molecule has 0 aromatic heterocycles. The van der Waals surface area contributed by atoms with Gasteiger partial charge in [0.25, 0.3) is 22.9 Å². The third-order valence-electron chi connectivity index (χ3n) is 6.70. The molecule has 4 rings (SSSR count). The molecule has 4 N–H and O–H groups in total. The minimum Gasteiger partial charge on any atom is -0.489 e. The third-order valence-corrected chi connectivity index (χ3v) is 7.40. The summed E-state index contributed by atoms with van der Waals surface area (Å²) in [5, 5.41) is 14.9. The summed E-state index contributed by atoms with van der Waals surface area (Å²) in [6, 6.07) is 29.6. The second-order valence-electron chi connectivity index (χ2n) is 9.89. The van der Waals surface area contributed by atoms with Gasteiger partial charge in [0.1, 0.15) is 18.0 Å². The van der Waals surface area contributed by atoms with Crippen molar-refractivity contribution in [1.29, 1.82) is 0 Å². The van der Waals surface area contributed by atoms with Crippen molar-refractivity contribution < 1.29 is 32.7 Å². The summed E-state index contributed by atoms with van der Waals surface area (Å²) in [5.41, 5.74) is 7.37. The molecular weight excluding hydrogens is 600 g/mol. The number of nitro groups is 1. The summed E-state index contributed by atoms with van der Waals surface area (Å²) in [4.78, 5) is 36.4. The van der Waals surface area contributed by atoms with Gasteiger partial charge in [0.2, 0.25) is 0 Å². The summed E-state index contributed by atoms with van der Waals surface area (Å²) < 4.78 is 33.6. The molecule has 234 valence electrons. The number of nitrogens with one attached hydrogen (secondary N) is 1. The van der Waals surface area contributed by atoms with E-state index in [1.54, 1.807) is 24.3 Å². The van der Waals surface area contributed by atoms with Crippen LogP contribution in [0.15, 0.2) is 103 Å². The second-order valence-corrected chi connectivity index (χ2v) is 10.7. The first-order valence-corrected chi connectivity index (χ1v) is 15.0. The van der Waals surface area contributed by atoms with E-state index in [2.05, 4.69) is 5.32 Å². The molecule has 0 fully saturated rings. The molecule has 13 heteroatoms. The highest BCUT2D eigenvalue weighted by atomic mass is 32.2. The van der Waals surface area contributed by atoms with Crippen LogP contribution in [0.3, 0.4) is 0 Å². The van der Waals surface area contributed by atoms with E-state index < -0.39 is 40.0 Å². The van der Waals surface area contributed by atoms with Crippen molar-refractivity contribution >= 4 is 40.3 Å². The number of carbonyl (C=O) groups is 2. The SMILES string of the molecule is NC(=O)O[C@@H](Cc1ccc(OCc2ccccc2)cc1)C(=O)N(c1ccc(NCCCc2ccccc2)c([N+](=O)[O-])c1)S(=O)O. The summed E-state index contributed by atoms with van der Waals surface area (Å²) in [6.07, 6.45) is -1.63. The predicted molar refractivity (Wildman–Crippen MR) is 170 cm³/mol. The Balaban J connectivity index is 1.47. The number of rotatable bonds is 15. The highest BCUT2D eigenvalue weighted by Crippen LogP contribution is 2.31. The van der Waals surface area contributed by atoms with Crippen molar-refractivity contribution in [2.45, 2.75) is 32.0 Å². The van der Waals surface area contributed by atoms with Crippen LogP contribution in [0, 0.1) is 10.1 Å². The van der Waals surface area contributed by atoms with Crippen molar-refractivity contribution in [2.75, 3.05) is 16.2 Å². The molecule has 12 nitrogen and oxygen atoms in total. The van der Waals surface area contributed by atoms with Crippen LogP contribution in [0.5, 0.6) is 5.75 Å². The fourth-order valence-corrected chi connectivity index (χ4v) is 5.09. The first-order chi connectivity index (χ1) is 21.7. The summed E-state index contributed by atoms with van der Waals surface area (Å²) in [7, 11) is 0. The van der Waals surface area contributed by atoms with E-state index in [-0.39, 0.29) is 17.8 Å². The predicted octanol–water partition coefficient (Wildman–Crippen LogP) is 5.39. The van der Waals surface area contributed by atoms with Gasteiger partial charge in [-0.3, -0.25) is 19.5 Å². The van der Waals surface area contributed by atoms with Gasteiger partial charge in [-0.1, -0.05) is 72.8 Å². The van der Waals surface area contributed by atoms with E-state index in [0.29, 0.717) is 35.2 Å². The van der Waals surface area contributed by atoms with Gasteiger partial charge in [-0.25, -0.2) is 13.3 Å². The number of carbonyl (C=O) groups excluding carboxylic acids is 2. The molecule has 0 radical (unpaired) electrons. The zero-order valence-corrected chi connectivity index (χ0v) is 24.9. The highest BCUT2D eigenvalue weighted by Gasteiger charge is 2.33. The Bertz CT molecular complexity index is 1620. The van der Waals surface area contributed by atoms with E-state index in [4.69, 9.17) is 15.2 Å².